The van der Waals surface area contributed by atoms with Crippen LogP contribution < -0.4 is 5.32 Å². The van der Waals surface area contributed by atoms with Gasteiger partial charge in [0.1, 0.15) is 0 Å². The van der Waals surface area contributed by atoms with E-state index in [9.17, 15) is 4.79 Å². The molecule has 0 fully saturated rings. The van der Waals surface area contributed by atoms with E-state index in [4.69, 9.17) is 4.98 Å². The highest BCUT2D eigenvalue weighted by Crippen LogP contribution is 2.33. The molecule has 5 aromatic rings. The van der Waals surface area contributed by atoms with Crippen LogP contribution >= 0.6 is 11.8 Å². The summed E-state index contributed by atoms with van der Waals surface area (Å²) in [6.07, 6.45) is 0. The number of nitrogens with one attached hydrogen (secondary N) is 1. The topological polar surface area (TPSA) is 72.7 Å². The maximum Gasteiger partial charge on any atom is 0.234 e. The third-order valence-electron chi connectivity index (χ3n) is 5.73. The molecule has 0 saturated heterocycles. The van der Waals surface area contributed by atoms with Gasteiger partial charge in [-0.2, -0.15) is 0 Å². The van der Waals surface area contributed by atoms with Gasteiger partial charge in [0.2, 0.25) is 5.91 Å². The van der Waals surface area contributed by atoms with Crippen LogP contribution in [0.25, 0.3) is 33.5 Å². The molecule has 1 amide bonds. The number of benzene rings is 3. The molecule has 1 N–H and O–H groups in total. The maximum atomic E-state index is 12.5. The summed E-state index contributed by atoms with van der Waals surface area (Å²) in [6, 6.07) is 28.0. The number of thioether (sulfide) groups is 1. The minimum Gasteiger partial charge on any atom is -0.325 e. The van der Waals surface area contributed by atoms with E-state index >= 15 is 0 Å². The third kappa shape index (κ3) is 4.95. The van der Waals surface area contributed by atoms with Crippen molar-refractivity contribution in [2.45, 2.75) is 25.5 Å². The van der Waals surface area contributed by atoms with Crippen LogP contribution in [0.3, 0.4) is 0 Å². The second-order valence-corrected chi connectivity index (χ2v) is 9.13. The molecule has 2 aromatic heterocycles. The van der Waals surface area contributed by atoms with Gasteiger partial charge < -0.3 is 9.88 Å². The van der Waals surface area contributed by atoms with Gasteiger partial charge in [-0.15, -0.1) is 10.2 Å². The first-order valence-electron chi connectivity index (χ1n) is 11.5. The normalized spacial score (nSPS) is 11.0. The van der Waals surface area contributed by atoms with Gasteiger partial charge in [0.25, 0.3) is 0 Å². The number of carbonyl (C=O) groups excluding carboxylic acids is 1. The zero-order chi connectivity index (χ0) is 24.2. The summed E-state index contributed by atoms with van der Waals surface area (Å²) in [5, 5.41) is 13.7. The molecule has 0 aliphatic heterocycles. The van der Waals surface area contributed by atoms with Crippen molar-refractivity contribution in [3.63, 3.8) is 0 Å². The summed E-state index contributed by atoms with van der Waals surface area (Å²) in [5.41, 5.74) is 5.75. The molecular formula is C28H25N5OS. The molecule has 3 aromatic carbocycles. The number of pyridine rings is 1. The molecule has 5 rings (SSSR count). The Kier molecular flexibility index (Phi) is 6.59. The van der Waals surface area contributed by atoms with Crippen molar-refractivity contribution < 1.29 is 4.79 Å². The number of fused-ring (bicyclic) bond motifs is 1. The molecule has 2 heterocycles. The van der Waals surface area contributed by atoms with Crippen LogP contribution in [0, 0.1) is 6.92 Å². The van der Waals surface area contributed by atoms with Crippen molar-refractivity contribution in [1.29, 1.82) is 0 Å². The zero-order valence-corrected chi connectivity index (χ0v) is 20.4. The van der Waals surface area contributed by atoms with Gasteiger partial charge >= 0.3 is 0 Å². The quantitative estimate of drug-likeness (QED) is 0.281. The molecule has 0 saturated carbocycles. The van der Waals surface area contributed by atoms with E-state index in [0.717, 1.165) is 44.8 Å². The Hall–Kier alpha value is -3.97. The molecule has 0 aliphatic rings. The van der Waals surface area contributed by atoms with Crippen LogP contribution in [0.5, 0.6) is 0 Å². The van der Waals surface area contributed by atoms with Gasteiger partial charge in [-0.3, -0.25) is 4.79 Å². The molecule has 0 aliphatic carbocycles. The highest BCUT2D eigenvalue weighted by Gasteiger charge is 2.18. The Morgan fingerprint density at radius 3 is 2.46 bits per heavy atom. The second-order valence-electron chi connectivity index (χ2n) is 8.19. The van der Waals surface area contributed by atoms with Crippen LogP contribution in [0.4, 0.5) is 5.69 Å². The summed E-state index contributed by atoms with van der Waals surface area (Å²) >= 11 is 1.39. The summed E-state index contributed by atoms with van der Waals surface area (Å²) in [6.45, 7) is 4.76. The molecule has 0 bridgehead atoms. The first-order chi connectivity index (χ1) is 17.1. The summed E-state index contributed by atoms with van der Waals surface area (Å²) in [4.78, 5) is 17.4. The number of amides is 1. The van der Waals surface area contributed by atoms with Gasteiger partial charge in [0.05, 0.1) is 17.0 Å². The fourth-order valence-electron chi connectivity index (χ4n) is 3.96. The molecule has 35 heavy (non-hydrogen) atoms. The van der Waals surface area contributed by atoms with Crippen molar-refractivity contribution in [1.82, 2.24) is 19.7 Å². The van der Waals surface area contributed by atoms with Crippen LogP contribution in [-0.2, 0) is 11.3 Å². The predicted octanol–water partition coefficient (Wildman–Crippen LogP) is 6.22. The summed E-state index contributed by atoms with van der Waals surface area (Å²) in [7, 11) is 0. The lowest BCUT2D eigenvalue weighted by Gasteiger charge is -2.12. The number of anilines is 1. The van der Waals surface area contributed by atoms with Crippen molar-refractivity contribution in [2.24, 2.45) is 0 Å². The van der Waals surface area contributed by atoms with E-state index in [0.29, 0.717) is 11.7 Å². The van der Waals surface area contributed by atoms with Crippen molar-refractivity contribution in [2.75, 3.05) is 11.1 Å². The Balaban J connectivity index is 1.45. The third-order valence-corrected chi connectivity index (χ3v) is 6.69. The molecule has 174 valence electrons. The standard InChI is InChI=1S/C28H25N5OS/c1-3-33-27(31-32-28(33)35-18-26(34)29-21-15-13-19(2)14-16-21)23-17-25(20-9-5-4-6-10-20)30-24-12-8-7-11-22(23)24/h4-17H,3,18H2,1-2H3,(H,29,34). The number of carbonyl (C=O) groups is 1. The zero-order valence-electron chi connectivity index (χ0n) is 19.6. The first-order valence-corrected chi connectivity index (χ1v) is 12.5. The van der Waals surface area contributed by atoms with Gasteiger partial charge in [0, 0.05) is 28.7 Å². The highest BCUT2D eigenvalue weighted by molar-refractivity contribution is 7.99. The molecular weight excluding hydrogens is 454 g/mol. The lowest BCUT2D eigenvalue weighted by Crippen LogP contribution is -2.14. The number of hydrogen-bond donors (Lipinski definition) is 1. The second kappa shape index (κ2) is 10.1. The Labute approximate surface area is 208 Å². The fourth-order valence-corrected chi connectivity index (χ4v) is 4.76. The number of para-hydroxylation sites is 1. The van der Waals surface area contributed by atoms with E-state index in [-0.39, 0.29) is 11.7 Å². The monoisotopic (exact) mass is 479 g/mol. The molecule has 7 heteroatoms. The van der Waals surface area contributed by atoms with E-state index in [2.05, 4.69) is 51.3 Å². The minimum atomic E-state index is -0.0771. The molecule has 0 radical (unpaired) electrons. The summed E-state index contributed by atoms with van der Waals surface area (Å²) < 4.78 is 2.06. The number of aryl methyl sites for hydroxylation is 1. The van der Waals surface area contributed by atoms with E-state index in [1.165, 1.54) is 11.8 Å². The largest absolute Gasteiger partial charge is 0.325 e. The van der Waals surface area contributed by atoms with Gasteiger partial charge in [0.15, 0.2) is 11.0 Å². The lowest BCUT2D eigenvalue weighted by atomic mass is 10.0. The minimum absolute atomic E-state index is 0.0771. The smallest absolute Gasteiger partial charge is 0.234 e. The molecule has 6 nitrogen and oxygen atoms in total. The van der Waals surface area contributed by atoms with Crippen molar-refractivity contribution >= 4 is 34.3 Å². The van der Waals surface area contributed by atoms with Crippen LogP contribution in [-0.4, -0.2) is 31.4 Å². The van der Waals surface area contributed by atoms with Gasteiger partial charge in [-0.05, 0) is 38.1 Å². The maximum absolute atomic E-state index is 12.5. The van der Waals surface area contributed by atoms with E-state index in [1.54, 1.807) is 0 Å². The van der Waals surface area contributed by atoms with Crippen molar-refractivity contribution in [3.05, 3.63) is 90.5 Å². The Morgan fingerprint density at radius 2 is 1.69 bits per heavy atom. The first kappa shape index (κ1) is 22.8. The Morgan fingerprint density at radius 1 is 0.943 bits per heavy atom. The van der Waals surface area contributed by atoms with Gasteiger partial charge in [-0.25, -0.2) is 4.98 Å². The number of aromatic nitrogens is 4. The Bertz CT molecular complexity index is 1480. The molecule has 0 spiro atoms. The lowest BCUT2D eigenvalue weighted by molar-refractivity contribution is -0.113. The van der Waals surface area contributed by atoms with E-state index < -0.39 is 0 Å². The van der Waals surface area contributed by atoms with Gasteiger partial charge in [-0.1, -0.05) is 78.0 Å². The fraction of sp³-hybridized carbons (Fsp3) is 0.143. The predicted molar refractivity (Wildman–Crippen MR) is 142 cm³/mol. The van der Waals surface area contributed by atoms with Crippen molar-refractivity contribution in [3.8, 4) is 22.6 Å². The van der Waals surface area contributed by atoms with Crippen LogP contribution in [0.15, 0.2) is 90.1 Å². The van der Waals surface area contributed by atoms with E-state index in [1.807, 2.05) is 67.6 Å². The summed E-state index contributed by atoms with van der Waals surface area (Å²) in [5.74, 6) is 0.940. The average Bonchev–Trinajstić information content (AvgIpc) is 3.31. The number of nitrogens with zero attached hydrogens (tertiary/aromatic N) is 4. The molecule has 0 atom stereocenters. The average molecular weight is 480 g/mol. The molecule has 0 unspecified atom stereocenters. The number of hydrogen-bond acceptors (Lipinski definition) is 5. The van der Waals surface area contributed by atoms with Crippen LogP contribution in [0.2, 0.25) is 0 Å². The SMILES string of the molecule is CCn1c(SCC(=O)Nc2ccc(C)cc2)nnc1-c1cc(-c2ccccc2)nc2ccccc12. The van der Waals surface area contributed by atoms with Crippen LogP contribution in [0.1, 0.15) is 12.5 Å². The number of rotatable bonds is 7. The highest BCUT2D eigenvalue weighted by atomic mass is 32.2.